The number of hydrogen-bond acceptors (Lipinski definition) is 2. The topological polar surface area (TPSA) is 12.9 Å². The average Bonchev–Trinajstić information content (AvgIpc) is 2.33. The van der Waals surface area contributed by atoms with Crippen LogP contribution < -0.4 is 0 Å². The lowest BCUT2D eigenvalue weighted by molar-refractivity contribution is 1.06. The van der Waals surface area contributed by atoms with Crippen molar-refractivity contribution in [2.45, 2.75) is 20.3 Å². The van der Waals surface area contributed by atoms with Gasteiger partial charge in [-0.15, -0.1) is 11.3 Å². The van der Waals surface area contributed by atoms with Crippen LogP contribution in [0.25, 0.3) is 5.57 Å². The summed E-state index contributed by atoms with van der Waals surface area (Å²) in [6, 6.07) is 0. The van der Waals surface area contributed by atoms with Crippen LogP contribution in [0.3, 0.4) is 0 Å². The Bertz CT molecular complexity index is 237. The van der Waals surface area contributed by atoms with E-state index in [0.717, 1.165) is 12.0 Å². The van der Waals surface area contributed by atoms with Gasteiger partial charge < -0.3 is 0 Å². The second-order valence-electron chi connectivity index (χ2n) is 2.26. The summed E-state index contributed by atoms with van der Waals surface area (Å²) in [6.07, 6.45) is 1.01. The van der Waals surface area contributed by atoms with Crippen molar-refractivity contribution in [3.8, 4) is 0 Å². The minimum Gasteiger partial charge on any atom is -0.249 e. The second kappa shape index (κ2) is 2.97. The first kappa shape index (κ1) is 7.48. The van der Waals surface area contributed by atoms with Gasteiger partial charge in [-0.1, -0.05) is 13.5 Å². The maximum absolute atomic E-state index is 4.21. The maximum atomic E-state index is 4.21. The summed E-state index contributed by atoms with van der Waals surface area (Å²) < 4.78 is 0. The molecule has 0 aliphatic rings. The molecule has 54 valence electrons. The molecule has 0 radical (unpaired) electrons. The van der Waals surface area contributed by atoms with Crippen LogP contribution in [-0.2, 0) is 6.42 Å². The van der Waals surface area contributed by atoms with E-state index in [2.05, 4.69) is 18.5 Å². The number of thiazole rings is 1. The molecular formula is C8H11NS. The SMILES string of the molecule is C=C(C)c1scnc1CC. The van der Waals surface area contributed by atoms with E-state index in [1.54, 1.807) is 11.3 Å². The standard InChI is InChI=1S/C8H11NS/c1-4-7-8(6(2)3)10-5-9-7/h5H,2,4H2,1,3H3. The molecule has 0 unspecified atom stereocenters. The highest BCUT2D eigenvalue weighted by Crippen LogP contribution is 2.21. The van der Waals surface area contributed by atoms with Crippen molar-refractivity contribution in [1.82, 2.24) is 4.98 Å². The van der Waals surface area contributed by atoms with Gasteiger partial charge in [0.2, 0.25) is 0 Å². The van der Waals surface area contributed by atoms with Crippen molar-refractivity contribution in [1.29, 1.82) is 0 Å². The number of allylic oxidation sites excluding steroid dienone is 1. The largest absolute Gasteiger partial charge is 0.249 e. The van der Waals surface area contributed by atoms with Crippen LogP contribution in [-0.4, -0.2) is 4.98 Å². The Morgan fingerprint density at radius 3 is 2.90 bits per heavy atom. The van der Waals surface area contributed by atoms with Gasteiger partial charge in [-0.25, -0.2) is 4.98 Å². The van der Waals surface area contributed by atoms with Gasteiger partial charge >= 0.3 is 0 Å². The molecule has 1 rings (SSSR count). The summed E-state index contributed by atoms with van der Waals surface area (Å²) in [5.41, 5.74) is 4.18. The van der Waals surface area contributed by atoms with Gasteiger partial charge in [0.25, 0.3) is 0 Å². The van der Waals surface area contributed by atoms with Gasteiger partial charge in [0.15, 0.2) is 0 Å². The predicted molar refractivity (Wildman–Crippen MR) is 46.2 cm³/mol. The van der Waals surface area contributed by atoms with Crippen molar-refractivity contribution in [2.75, 3.05) is 0 Å². The molecule has 0 saturated carbocycles. The van der Waals surface area contributed by atoms with Gasteiger partial charge in [-0.2, -0.15) is 0 Å². The third-order valence-corrected chi connectivity index (χ3v) is 2.39. The molecule has 0 bridgehead atoms. The van der Waals surface area contributed by atoms with Crippen LogP contribution >= 0.6 is 11.3 Å². The maximum Gasteiger partial charge on any atom is 0.0801 e. The number of rotatable bonds is 2. The molecule has 0 spiro atoms. The predicted octanol–water partition coefficient (Wildman–Crippen LogP) is 2.74. The van der Waals surface area contributed by atoms with E-state index in [1.165, 1.54) is 10.6 Å². The molecule has 0 aromatic carbocycles. The number of aromatic nitrogens is 1. The third kappa shape index (κ3) is 1.27. The van der Waals surface area contributed by atoms with Crippen molar-refractivity contribution in [3.05, 3.63) is 22.7 Å². The van der Waals surface area contributed by atoms with Gasteiger partial charge in [0.1, 0.15) is 0 Å². The lowest BCUT2D eigenvalue weighted by Crippen LogP contribution is -1.83. The van der Waals surface area contributed by atoms with E-state index in [0.29, 0.717) is 0 Å². The van der Waals surface area contributed by atoms with E-state index in [4.69, 9.17) is 0 Å². The molecular weight excluding hydrogens is 142 g/mol. The fourth-order valence-corrected chi connectivity index (χ4v) is 1.69. The van der Waals surface area contributed by atoms with Crippen molar-refractivity contribution in [2.24, 2.45) is 0 Å². The van der Waals surface area contributed by atoms with Gasteiger partial charge in [-0.05, 0) is 18.9 Å². The molecule has 0 saturated heterocycles. The number of aryl methyl sites for hydroxylation is 1. The summed E-state index contributed by atoms with van der Waals surface area (Å²) in [4.78, 5) is 5.47. The van der Waals surface area contributed by atoms with Gasteiger partial charge in [0, 0.05) is 0 Å². The molecule has 2 heteroatoms. The second-order valence-corrected chi connectivity index (χ2v) is 3.12. The summed E-state index contributed by atoms with van der Waals surface area (Å²) >= 11 is 1.67. The van der Waals surface area contributed by atoms with Crippen LogP contribution in [0, 0.1) is 0 Å². The van der Waals surface area contributed by atoms with E-state index in [-0.39, 0.29) is 0 Å². The van der Waals surface area contributed by atoms with Crippen molar-refractivity contribution >= 4 is 16.9 Å². The molecule has 1 heterocycles. The summed E-state index contributed by atoms with van der Waals surface area (Å²) in [5, 5.41) is 0. The van der Waals surface area contributed by atoms with E-state index >= 15 is 0 Å². The van der Waals surface area contributed by atoms with Crippen molar-refractivity contribution < 1.29 is 0 Å². The summed E-state index contributed by atoms with van der Waals surface area (Å²) in [6.45, 7) is 8.01. The fourth-order valence-electron chi connectivity index (χ4n) is 0.868. The highest BCUT2D eigenvalue weighted by atomic mass is 32.1. The summed E-state index contributed by atoms with van der Waals surface area (Å²) in [5.74, 6) is 0. The van der Waals surface area contributed by atoms with Gasteiger partial charge in [0.05, 0.1) is 16.1 Å². The fraction of sp³-hybridized carbons (Fsp3) is 0.375. The molecule has 1 aromatic rings. The zero-order valence-electron chi connectivity index (χ0n) is 6.35. The highest BCUT2D eigenvalue weighted by Gasteiger charge is 2.02. The number of hydrogen-bond donors (Lipinski definition) is 0. The Morgan fingerprint density at radius 2 is 2.50 bits per heavy atom. The number of nitrogens with zero attached hydrogens (tertiary/aromatic N) is 1. The Hall–Kier alpha value is -0.630. The molecule has 1 nitrogen and oxygen atoms in total. The Kier molecular flexibility index (Phi) is 2.22. The lowest BCUT2D eigenvalue weighted by atomic mass is 10.2. The molecule has 10 heavy (non-hydrogen) atoms. The van der Waals surface area contributed by atoms with Gasteiger partial charge in [-0.3, -0.25) is 0 Å². The minimum atomic E-state index is 1.01. The molecule has 0 amide bonds. The molecule has 0 aliphatic heterocycles. The molecule has 1 aromatic heterocycles. The lowest BCUT2D eigenvalue weighted by Gasteiger charge is -1.95. The zero-order chi connectivity index (χ0) is 7.56. The summed E-state index contributed by atoms with van der Waals surface area (Å²) in [7, 11) is 0. The molecule has 0 atom stereocenters. The Labute approximate surface area is 65.4 Å². The molecule has 0 aliphatic carbocycles. The van der Waals surface area contributed by atoms with E-state index in [1.807, 2.05) is 12.4 Å². The van der Waals surface area contributed by atoms with Crippen LogP contribution in [0.2, 0.25) is 0 Å². The quantitative estimate of drug-likeness (QED) is 0.636. The third-order valence-electron chi connectivity index (χ3n) is 1.36. The first-order chi connectivity index (χ1) is 4.75. The van der Waals surface area contributed by atoms with Crippen molar-refractivity contribution in [3.63, 3.8) is 0 Å². The smallest absolute Gasteiger partial charge is 0.0801 e. The monoisotopic (exact) mass is 153 g/mol. The highest BCUT2D eigenvalue weighted by molar-refractivity contribution is 7.10. The van der Waals surface area contributed by atoms with Crippen LogP contribution in [0.1, 0.15) is 24.4 Å². The first-order valence-electron chi connectivity index (χ1n) is 3.34. The van der Waals surface area contributed by atoms with E-state index < -0.39 is 0 Å². The zero-order valence-corrected chi connectivity index (χ0v) is 7.16. The van der Waals surface area contributed by atoms with Crippen LogP contribution in [0.4, 0.5) is 0 Å². The minimum absolute atomic E-state index is 1.01. The Balaban J connectivity index is 3.01. The Morgan fingerprint density at radius 1 is 1.80 bits per heavy atom. The molecule has 0 fully saturated rings. The van der Waals surface area contributed by atoms with Crippen LogP contribution in [0.5, 0.6) is 0 Å². The van der Waals surface area contributed by atoms with Crippen LogP contribution in [0.15, 0.2) is 12.1 Å². The molecule has 0 N–H and O–H groups in total. The first-order valence-corrected chi connectivity index (χ1v) is 4.22. The normalized spacial score (nSPS) is 9.80. The van der Waals surface area contributed by atoms with E-state index in [9.17, 15) is 0 Å². The average molecular weight is 153 g/mol.